The first-order valence-electron chi connectivity index (χ1n) is 6.06. The number of aromatic nitrogens is 4. The first kappa shape index (κ1) is 13.0. The van der Waals surface area contributed by atoms with Gasteiger partial charge in [0.15, 0.2) is 23.6 Å². The molecular weight excluding hydrogens is 269 g/mol. The van der Waals surface area contributed by atoms with Crippen LogP contribution >= 0.6 is 0 Å². The summed E-state index contributed by atoms with van der Waals surface area (Å²) in [6.45, 7) is 2.85. The Morgan fingerprint density at radius 2 is 2.35 bits per heavy atom. The summed E-state index contributed by atoms with van der Waals surface area (Å²) in [4.78, 5) is 21.9. The Morgan fingerprint density at radius 3 is 2.95 bits per heavy atom. The molecule has 0 aromatic carbocycles. The van der Waals surface area contributed by atoms with Crippen molar-refractivity contribution in [2.45, 2.75) is 38.0 Å². The summed E-state index contributed by atoms with van der Waals surface area (Å²) in [5, 5.41) is 10.3. The second kappa shape index (κ2) is 4.00. The van der Waals surface area contributed by atoms with Crippen molar-refractivity contribution >= 4 is 17.1 Å². The van der Waals surface area contributed by atoms with Gasteiger partial charge in [0.25, 0.3) is 5.56 Å². The number of imidazole rings is 1. The molecule has 3 rings (SSSR count). The van der Waals surface area contributed by atoms with E-state index in [9.17, 15) is 14.3 Å². The Morgan fingerprint density at radius 1 is 1.65 bits per heavy atom. The van der Waals surface area contributed by atoms with Gasteiger partial charge in [-0.2, -0.15) is 4.98 Å². The predicted octanol–water partition coefficient (Wildman–Crippen LogP) is -0.292. The van der Waals surface area contributed by atoms with Crippen molar-refractivity contribution in [1.29, 1.82) is 0 Å². The Kier molecular flexibility index (Phi) is 2.60. The van der Waals surface area contributed by atoms with Gasteiger partial charge in [-0.05, 0) is 13.8 Å². The van der Waals surface area contributed by atoms with Crippen molar-refractivity contribution in [3.63, 3.8) is 0 Å². The van der Waals surface area contributed by atoms with Gasteiger partial charge in [0.05, 0.1) is 12.4 Å². The summed E-state index contributed by atoms with van der Waals surface area (Å²) in [6, 6.07) is 0. The van der Waals surface area contributed by atoms with E-state index in [0.717, 1.165) is 0 Å². The van der Waals surface area contributed by atoms with Gasteiger partial charge in [0.1, 0.15) is 5.60 Å². The van der Waals surface area contributed by atoms with Crippen molar-refractivity contribution in [2.75, 3.05) is 5.73 Å². The molecule has 1 fully saturated rings. The minimum Gasteiger partial charge on any atom is -0.382 e. The quantitative estimate of drug-likeness (QED) is 0.661. The van der Waals surface area contributed by atoms with E-state index < -0.39 is 29.7 Å². The van der Waals surface area contributed by atoms with Gasteiger partial charge in [-0.15, -0.1) is 0 Å². The molecule has 0 amide bonds. The van der Waals surface area contributed by atoms with Gasteiger partial charge in [0.2, 0.25) is 5.95 Å². The fourth-order valence-electron chi connectivity index (χ4n) is 2.48. The van der Waals surface area contributed by atoms with Crippen molar-refractivity contribution in [3.05, 3.63) is 16.7 Å². The molecule has 0 spiro atoms. The highest BCUT2D eigenvalue weighted by Gasteiger charge is 2.53. The molecule has 20 heavy (non-hydrogen) atoms. The second-order valence-electron chi connectivity index (χ2n) is 5.10. The number of nitrogens with one attached hydrogen (secondary N) is 1. The number of alkyl halides is 1. The van der Waals surface area contributed by atoms with Crippen LogP contribution in [0.4, 0.5) is 10.3 Å². The molecule has 3 heterocycles. The number of nitrogens with two attached hydrogens (primary N) is 1. The van der Waals surface area contributed by atoms with E-state index in [1.807, 2.05) is 0 Å². The van der Waals surface area contributed by atoms with Crippen molar-refractivity contribution in [1.82, 2.24) is 19.5 Å². The van der Waals surface area contributed by atoms with E-state index in [2.05, 4.69) is 15.0 Å². The fraction of sp³-hybridized carbons (Fsp3) is 0.545. The molecule has 2 aromatic rings. The van der Waals surface area contributed by atoms with Gasteiger partial charge < -0.3 is 15.6 Å². The van der Waals surface area contributed by atoms with E-state index in [4.69, 9.17) is 10.5 Å². The zero-order valence-corrected chi connectivity index (χ0v) is 10.9. The molecule has 0 saturated carbocycles. The maximum absolute atomic E-state index is 14.0. The van der Waals surface area contributed by atoms with Crippen LogP contribution in [0.5, 0.6) is 0 Å². The molecule has 4 N–H and O–H groups in total. The van der Waals surface area contributed by atoms with Crippen LogP contribution in [0.15, 0.2) is 11.1 Å². The molecule has 0 radical (unpaired) electrons. The number of hydrogen-bond donors (Lipinski definition) is 3. The zero-order chi connectivity index (χ0) is 14.7. The lowest BCUT2D eigenvalue weighted by Crippen LogP contribution is -2.40. The van der Waals surface area contributed by atoms with Crippen molar-refractivity contribution in [2.24, 2.45) is 0 Å². The van der Waals surface area contributed by atoms with E-state index in [0.29, 0.717) is 0 Å². The molecule has 0 bridgehead atoms. The monoisotopic (exact) mass is 283 g/mol. The second-order valence-corrected chi connectivity index (χ2v) is 5.10. The van der Waals surface area contributed by atoms with Crippen LogP contribution in [0, 0.1) is 0 Å². The summed E-state index contributed by atoms with van der Waals surface area (Å²) in [7, 11) is 0. The zero-order valence-electron chi connectivity index (χ0n) is 10.9. The minimum atomic E-state index is -1.76. The van der Waals surface area contributed by atoms with Crippen molar-refractivity contribution < 1.29 is 14.2 Å². The van der Waals surface area contributed by atoms with Gasteiger partial charge in [-0.25, -0.2) is 9.37 Å². The van der Waals surface area contributed by atoms with Crippen LogP contribution in [-0.4, -0.2) is 42.5 Å². The van der Waals surface area contributed by atoms with Crippen LogP contribution in [0.2, 0.25) is 0 Å². The lowest BCUT2D eigenvalue weighted by molar-refractivity contribution is -0.0844. The van der Waals surface area contributed by atoms with Gasteiger partial charge >= 0.3 is 0 Å². The number of nitrogens with zero attached hydrogens (tertiary/aromatic N) is 3. The topological polar surface area (TPSA) is 119 Å². The Hall–Kier alpha value is -2.00. The number of fused-ring (bicyclic) bond motifs is 1. The average molecular weight is 283 g/mol. The van der Waals surface area contributed by atoms with Gasteiger partial charge in [-0.1, -0.05) is 0 Å². The third-order valence-corrected chi connectivity index (χ3v) is 3.52. The third-order valence-electron chi connectivity index (χ3n) is 3.52. The summed E-state index contributed by atoms with van der Waals surface area (Å²) in [6.07, 6.45) is -2.11. The highest BCUT2D eigenvalue weighted by molar-refractivity contribution is 5.70. The predicted molar refractivity (Wildman–Crippen MR) is 67.7 cm³/mol. The van der Waals surface area contributed by atoms with Crippen LogP contribution in [0.3, 0.4) is 0 Å². The first-order valence-corrected chi connectivity index (χ1v) is 6.06. The molecule has 9 heteroatoms. The number of anilines is 1. The smallest absolute Gasteiger partial charge is 0.280 e. The maximum atomic E-state index is 14.0. The summed E-state index contributed by atoms with van der Waals surface area (Å²) < 4.78 is 20.7. The Balaban J connectivity index is 2.19. The standard InChI is InChI=1S/C11H14FN5O3/c1-4-6(12)11(2,19)9(20-4)17-3-14-5-7(17)15-10(13)16-8(5)18/h3-4,6,9,19H,1-2H3,(H3,13,15,16,18)/t4-,6?,9-,11-/m1/s1. The number of rotatable bonds is 1. The summed E-state index contributed by atoms with van der Waals surface area (Å²) in [5.74, 6) is -0.0910. The minimum absolute atomic E-state index is 0.0496. The fourth-order valence-corrected chi connectivity index (χ4v) is 2.48. The molecule has 1 unspecified atom stereocenters. The highest BCUT2D eigenvalue weighted by atomic mass is 19.1. The van der Waals surface area contributed by atoms with Crippen molar-refractivity contribution in [3.8, 4) is 0 Å². The number of nitrogen functional groups attached to an aromatic ring is 1. The normalized spacial score (nSPS) is 33.9. The highest BCUT2D eigenvalue weighted by Crippen LogP contribution is 2.40. The average Bonchev–Trinajstić information content (AvgIpc) is 2.85. The molecule has 0 aliphatic carbocycles. The van der Waals surface area contributed by atoms with Crippen LogP contribution < -0.4 is 11.3 Å². The number of ether oxygens (including phenoxy) is 1. The molecule has 108 valence electrons. The van der Waals surface area contributed by atoms with E-state index in [1.54, 1.807) is 0 Å². The third kappa shape index (κ3) is 1.63. The number of aliphatic hydroxyl groups is 1. The number of hydrogen-bond acceptors (Lipinski definition) is 6. The van der Waals surface area contributed by atoms with Crippen LogP contribution in [0.1, 0.15) is 20.1 Å². The van der Waals surface area contributed by atoms with E-state index in [1.165, 1.54) is 24.7 Å². The van der Waals surface area contributed by atoms with E-state index >= 15 is 0 Å². The maximum Gasteiger partial charge on any atom is 0.280 e. The molecule has 2 aromatic heterocycles. The number of aromatic amines is 1. The SMILES string of the molecule is C[C@H]1O[C@@H](n2cnc3c(=O)[nH]c(N)nc32)[C@](C)(O)C1F. The molecule has 1 aliphatic rings. The van der Waals surface area contributed by atoms with Gasteiger partial charge in [-0.3, -0.25) is 14.3 Å². The molecule has 1 aliphatic heterocycles. The molecule has 8 nitrogen and oxygen atoms in total. The largest absolute Gasteiger partial charge is 0.382 e. The Labute approximate surface area is 112 Å². The van der Waals surface area contributed by atoms with Crippen LogP contribution in [0.25, 0.3) is 11.2 Å². The number of halogens is 1. The van der Waals surface area contributed by atoms with Gasteiger partial charge in [0, 0.05) is 0 Å². The number of H-pyrrole nitrogens is 1. The lowest BCUT2D eigenvalue weighted by atomic mass is 9.98. The molecule has 4 atom stereocenters. The summed E-state index contributed by atoms with van der Waals surface area (Å²) >= 11 is 0. The first-order chi connectivity index (χ1) is 9.32. The summed E-state index contributed by atoms with van der Waals surface area (Å²) in [5.41, 5.74) is 3.41. The molecule has 1 saturated heterocycles. The van der Waals surface area contributed by atoms with E-state index in [-0.39, 0.29) is 17.1 Å². The van der Waals surface area contributed by atoms with Crippen LogP contribution in [-0.2, 0) is 4.74 Å². The Bertz CT molecular complexity index is 724. The lowest BCUT2D eigenvalue weighted by Gasteiger charge is -2.26. The molecular formula is C11H14FN5O3.